The third-order valence-electron chi connectivity index (χ3n) is 1.73. The summed E-state index contributed by atoms with van der Waals surface area (Å²) in [6.07, 6.45) is 2.86. The molecule has 17 heavy (non-hydrogen) atoms. The van der Waals surface area contributed by atoms with E-state index >= 15 is 0 Å². The van der Waals surface area contributed by atoms with E-state index in [2.05, 4.69) is 15.1 Å². The molecule has 92 valence electrons. The Balaban J connectivity index is 2.55. The lowest BCUT2D eigenvalue weighted by atomic mass is 10.2. The van der Waals surface area contributed by atoms with Gasteiger partial charge in [-0.15, -0.1) is 0 Å². The van der Waals surface area contributed by atoms with Gasteiger partial charge in [0.2, 0.25) is 0 Å². The maximum absolute atomic E-state index is 11.2. The Hall–Kier alpha value is -1.07. The number of carbonyl (C=O) groups excluding carboxylic acids is 1. The first kappa shape index (κ1) is 14.0. The van der Waals surface area contributed by atoms with Crippen molar-refractivity contribution < 1.29 is 14.4 Å². The van der Waals surface area contributed by atoms with E-state index in [1.54, 1.807) is 24.3 Å². The number of rotatable bonds is 5. The predicted molar refractivity (Wildman–Crippen MR) is 66.6 cm³/mol. The second kappa shape index (κ2) is 7.29. The fraction of sp³-hybridized carbons (Fsp3) is 0.182. The zero-order valence-corrected chi connectivity index (χ0v) is 10.6. The number of ether oxygens (including phenoxy) is 1. The van der Waals surface area contributed by atoms with Crippen LogP contribution in [0, 0.1) is 0 Å². The molecule has 0 spiro atoms. The maximum atomic E-state index is 11.2. The molecule has 0 aliphatic rings. The van der Waals surface area contributed by atoms with Crippen molar-refractivity contribution in [3.63, 3.8) is 0 Å². The van der Waals surface area contributed by atoms with Crippen molar-refractivity contribution in [3.05, 3.63) is 39.9 Å². The SMILES string of the molecule is COCONC(=O)/C=C/c1ccc(Cl)cc1Cl. The summed E-state index contributed by atoms with van der Waals surface area (Å²) in [5, 5.41) is 1.01. The van der Waals surface area contributed by atoms with Crippen LogP contribution in [0.4, 0.5) is 0 Å². The molecule has 1 aromatic carbocycles. The van der Waals surface area contributed by atoms with E-state index < -0.39 is 5.91 Å². The molecule has 0 unspecified atom stereocenters. The van der Waals surface area contributed by atoms with E-state index in [1.807, 2.05) is 0 Å². The van der Waals surface area contributed by atoms with Gasteiger partial charge in [-0.2, -0.15) is 0 Å². The number of carbonyl (C=O) groups is 1. The minimum absolute atomic E-state index is 0.0126. The van der Waals surface area contributed by atoms with Crippen molar-refractivity contribution in [2.75, 3.05) is 13.9 Å². The Bertz CT molecular complexity index is 421. The summed E-state index contributed by atoms with van der Waals surface area (Å²) in [4.78, 5) is 15.9. The second-order valence-corrected chi connectivity index (χ2v) is 3.86. The van der Waals surface area contributed by atoms with E-state index in [-0.39, 0.29) is 6.79 Å². The Morgan fingerprint density at radius 1 is 1.47 bits per heavy atom. The highest BCUT2D eigenvalue weighted by molar-refractivity contribution is 6.35. The Labute approximate surface area is 109 Å². The molecule has 0 saturated carbocycles. The average molecular weight is 276 g/mol. The number of nitrogens with one attached hydrogen (secondary N) is 1. The fourth-order valence-electron chi connectivity index (χ4n) is 0.996. The smallest absolute Gasteiger partial charge is 0.267 e. The Morgan fingerprint density at radius 3 is 2.88 bits per heavy atom. The normalized spacial score (nSPS) is 10.8. The number of hydrogen-bond acceptors (Lipinski definition) is 3. The third-order valence-corrected chi connectivity index (χ3v) is 2.29. The van der Waals surface area contributed by atoms with Crippen LogP contribution in [0.1, 0.15) is 5.56 Å². The van der Waals surface area contributed by atoms with Gasteiger partial charge in [0, 0.05) is 23.2 Å². The summed E-state index contributed by atoms with van der Waals surface area (Å²) < 4.78 is 4.59. The molecule has 6 heteroatoms. The van der Waals surface area contributed by atoms with Gasteiger partial charge in [-0.3, -0.25) is 4.79 Å². The monoisotopic (exact) mass is 275 g/mol. The molecule has 1 N–H and O–H groups in total. The molecule has 0 heterocycles. The summed E-state index contributed by atoms with van der Waals surface area (Å²) in [5.41, 5.74) is 2.86. The lowest BCUT2D eigenvalue weighted by molar-refractivity contribution is -0.139. The predicted octanol–water partition coefficient (Wildman–Crippen LogP) is 2.66. The van der Waals surface area contributed by atoms with Crippen LogP contribution < -0.4 is 5.48 Å². The van der Waals surface area contributed by atoms with Gasteiger partial charge in [0.25, 0.3) is 5.91 Å². The molecule has 0 atom stereocenters. The van der Waals surface area contributed by atoms with Crippen molar-refractivity contribution in [3.8, 4) is 0 Å². The minimum atomic E-state index is -0.409. The van der Waals surface area contributed by atoms with Gasteiger partial charge in [0.05, 0.1) is 0 Å². The molecular formula is C11H11Cl2NO3. The molecule has 0 aliphatic carbocycles. The summed E-state index contributed by atoms with van der Waals surface area (Å²) in [6, 6.07) is 5.00. The molecule has 0 bridgehead atoms. The topological polar surface area (TPSA) is 47.6 Å². The van der Waals surface area contributed by atoms with Crippen molar-refractivity contribution in [2.45, 2.75) is 0 Å². The van der Waals surface area contributed by atoms with Crippen molar-refractivity contribution in [2.24, 2.45) is 0 Å². The largest absolute Gasteiger partial charge is 0.356 e. The van der Waals surface area contributed by atoms with Crippen LogP contribution in [-0.2, 0) is 14.4 Å². The number of hydrogen-bond donors (Lipinski definition) is 1. The number of halogens is 2. The van der Waals surface area contributed by atoms with Crippen LogP contribution in [0.3, 0.4) is 0 Å². The zero-order chi connectivity index (χ0) is 12.7. The molecule has 1 rings (SSSR count). The van der Waals surface area contributed by atoms with E-state index in [9.17, 15) is 4.79 Å². The summed E-state index contributed by atoms with van der Waals surface area (Å²) >= 11 is 11.7. The lowest BCUT2D eigenvalue weighted by Gasteiger charge is -2.01. The Kier molecular flexibility index (Phi) is 6.00. The molecule has 0 aromatic heterocycles. The number of amides is 1. The fourth-order valence-corrected chi connectivity index (χ4v) is 1.47. The van der Waals surface area contributed by atoms with Gasteiger partial charge in [0.15, 0.2) is 6.79 Å². The molecule has 4 nitrogen and oxygen atoms in total. The van der Waals surface area contributed by atoms with Gasteiger partial charge >= 0.3 is 0 Å². The number of benzene rings is 1. The van der Waals surface area contributed by atoms with Crippen LogP contribution in [0.15, 0.2) is 24.3 Å². The summed E-state index contributed by atoms with van der Waals surface area (Å²) in [6.45, 7) is -0.0126. The Morgan fingerprint density at radius 2 is 2.24 bits per heavy atom. The van der Waals surface area contributed by atoms with Gasteiger partial charge < -0.3 is 4.74 Å². The van der Waals surface area contributed by atoms with Gasteiger partial charge in [-0.05, 0) is 23.8 Å². The number of methoxy groups -OCH3 is 1. The molecule has 0 aliphatic heterocycles. The van der Waals surface area contributed by atoms with Crippen LogP contribution >= 0.6 is 23.2 Å². The average Bonchev–Trinajstić information content (AvgIpc) is 2.28. The van der Waals surface area contributed by atoms with Crippen LogP contribution in [-0.4, -0.2) is 19.8 Å². The highest BCUT2D eigenvalue weighted by Gasteiger charge is 1.99. The lowest BCUT2D eigenvalue weighted by Crippen LogP contribution is -2.22. The van der Waals surface area contributed by atoms with Gasteiger partial charge in [-0.1, -0.05) is 29.3 Å². The highest BCUT2D eigenvalue weighted by Crippen LogP contribution is 2.21. The zero-order valence-electron chi connectivity index (χ0n) is 9.07. The molecule has 0 radical (unpaired) electrons. The molecule has 1 amide bonds. The standard InChI is InChI=1S/C11H11Cl2NO3/c1-16-7-17-14-11(15)5-3-8-2-4-9(12)6-10(8)13/h2-6H,7H2,1H3,(H,14,15)/b5-3+. The highest BCUT2D eigenvalue weighted by atomic mass is 35.5. The molecule has 0 fully saturated rings. The summed E-state index contributed by atoms with van der Waals surface area (Å²) in [7, 11) is 1.45. The minimum Gasteiger partial charge on any atom is -0.356 e. The van der Waals surface area contributed by atoms with Crippen molar-refractivity contribution in [1.82, 2.24) is 5.48 Å². The number of hydroxylamine groups is 1. The molecular weight excluding hydrogens is 265 g/mol. The first-order valence-corrected chi connectivity index (χ1v) is 5.43. The van der Waals surface area contributed by atoms with E-state index in [0.29, 0.717) is 15.6 Å². The first-order valence-electron chi connectivity index (χ1n) is 4.67. The summed E-state index contributed by atoms with van der Waals surface area (Å²) in [5.74, 6) is -0.409. The van der Waals surface area contributed by atoms with Gasteiger partial charge in [-0.25, -0.2) is 10.3 Å². The molecule has 0 saturated heterocycles. The third kappa shape index (κ3) is 5.19. The van der Waals surface area contributed by atoms with Crippen LogP contribution in [0.2, 0.25) is 10.0 Å². The first-order chi connectivity index (χ1) is 8.13. The van der Waals surface area contributed by atoms with E-state index in [0.717, 1.165) is 0 Å². The van der Waals surface area contributed by atoms with Crippen molar-refractivity contribution in [1.29, 1.82) is 0 Å². The van der Waals surface area contributed by atoms with E-state index in [1.165, 1.54) is 13.2 Å². The van der Waals surface area contributed by atoms with Crippen LogP contribution in [0.25, 0.3) is 6.08 Å². The second-order valence-electron chi connectivity index (χ2n) is 3.02. The maximum Gasteiger partial charge on any atom is 0.267 e. The van der Waals surface area contributed by atoms with Gasteiger partial charge in [0.1, 0.15) is 0 Å². The van der Waals surface area contributed by atoms with Crippen LogP contribution in [0.5, 0.6) is 0 Å². The van der Waals surface area contributed by atoms with Crippen molar-refractivity contribution >= 4 is 35.2 Å². The van der Waals surface area contributed by atoms with E-state index in [4.69, 9.17) is 23.2 Å². The molecule has 1 aromatic rings. The quantitative estimate of drug-likeness (QED) is 0.389.